The molecule has 5 nitrogen and oxygen atoms in total. The first-order valence-electron chi connectivity index (χ1n) is 9.61. The van der Waals surface area contributed by atoms with E-state index in [0.717, 1.165) is 30.7 Å². The zero-order chi connectivity index (χ0) is 17.5. The first-order chi connectivity index (χ1) is 12.8. The van der Waals surface area contributed by atoms with Crippen LogP contribution in [0.1, 0.15) is 42.9 Å². The van der Waals surface area contributed by atoms with Crippen LogP contribution >= 0.6 is 0 Å². The smallest absolute Gasteiger partial charge is 0.257 e. The number of pyridine rings is 1. The Hall–Kier alpha value is -2.11. The molecular weight excluding hydrogens is 326 g/mol. The number of hydrogen-bond donors (Lipinski definition) is 1. The lowest BCUT2D eigenvalue weighted by molar-refractivity contribution is 0.0850. The van der Waals surface area contributed by atoms with E-state index in [1.54, 1.807) is 6.20 Å². The molecule has 2 saturated heterocycles. The van der Waals surface area contributed by atoms with Crippen molar-refractivity contribution in [3.8, 4) is 11.6 Å². The van der Waals surface area contributed by atoms with E-state index < -0.39 is 0 Å². The number of hydrogen-bond acceptors (Lipinski definition) is 5. The molecular formula is C21H25N3O2. The zero-order valence-corrected chi connectivity index (χ0v) is 14.9. The number of nitrogens with two attached hydrogens (primary N) is 1. The molecule has 2 fully saturated rings. The Balaban J connectivity index is 1.27. The topological polar surface area (TPSA) is 60.6 Å². The van der Waals surface area contributed by atoms with E-state index in [2.05, 4.69) is 34.1 Å². The van der Waals surface area contributed by atoms with Crippen LogP contribution in [0, 0.1) is 0 Å². The summed E-state index contributed by atoms with van der Waals surface area (Å²) in [6, 6.07) is 14.2. The van der Waals surface area contributed by atoms with Crippen LogP contribution in [0.15, 0.2) is 42.6 Å². The van der Waals surface area contributed by atoms with Crippen molar-refractivity contribution in [2.75, 3.05) is 6.61 Å². The Labute approximate surface area is 154 Å². The third-order valence-corrected chi connectivity index (χ3v) is 6.02. The van der Waals surface area contributed by atoms with Gasteiger partial charge >= 0.3 is 0 Å². The van der Waals surface area contributed by atoms with Crippen LogP contribution in [-0.2, 0) is 6.54 Å². The van der Waals surface area contributed by atoms with Crippen LogP contribution in [0.4, 0.5) is 0 Å². The molecule has 1 aromatic carbocycles. The van der Waals surface area contributed by atoms with Crippen LogP contribution in [0.2, 0.25) is 0 Å². The number of piperidine rings is 1. The Morgan fingerprint density at radius 2 is 1.85 bits per heavy atom. The zero-order valence-electron chi connectivity index (χ0n) is 14.9. The third kappa shape index (κ3) is 2.95. The summed E-state index contributed by atoms with van der Waals surface area (Å²) < 4.78 is 11.8. The lowest BCUT2D eigenvalue weighted by Crippen LogP contribution is -2.46. The van der Waals surface area contributed by atoms with Crippen molar-refractivity contribution in [3.63, 3.8) is 0 Å². The summed E-state index contributed by atoms with van der Waals surface area (Å²) in [7, 11) is 0. The molecule has 1 aromatic heterocycles. The SMILES string of the molecule is NC1CC2CCC(C1)N2Cc1ccc([C@H]2COc3cccnc3O2)cc1. The van der Waals surface area contributed by atoms with Gasteiger partial charge in [0.25, 0.3) is 5.88 Å². The lowest BCUT2D eigenvalue weighted by Gasteiger charge is -2.37. The van der Waals surface area contributed by atoms with Gasteiger partial charge in [-0.3, -0.25) is 4.90 Å². The summed E-state index contributed by atoms with van der Waals surface area (Å²) in [6.45, 7) is 1.54. The van der Waals surface area contributed by atoms with Crippen molar-refractivity contribution in [1.82, 2.24) is 9.88 Å². The van der Waals surface area contributed by atoms with Gasteiger partial charge in [0.05, 0.1) is 0 Å². The molecule has 0 spiro atoms. The van der Waals surface area contributed by atoms with Crippen LogP contribution < -0.4 is 15.2 Å². The van der Waals surface area contributed by atoms with E-state index in [0.29, 0.717) is 30.6 Å². The first kappa shape index (κ1) is 16.1. The molecule has 0 amide bonds. The number of aromatic nitrogens is 1. The average molecular weight is 351 g/mol. The maximum absolute atomic E-state index is 6.19. The molecule has 0 aliphatic carbocycles. The predicted octanol–water partition coefficient (Wildman–Crippen LogP) is 3.05. The number of benzene rings is 1. The van der Waals surface area contributed by atoms with Gasteiger partial charge < -0.3 is 15.2 Å². The van der Waals surface area contributed by atoms with E-state index in [4.69, 9.17) is 15.2 Å². The lowest BCUT2D eigenvalue weighted by atomic mass is 9.97. The quantitative estimate of drug-likeness (QED) is 0.921. The Morgan fingerprint density at radius 3 is 2.62 bits per heavy atom. The van der Waals surface area contributed by atoms with Crippen molar-refractivity contribution < 1.29 is 9.47 Å². The molecule has 5 heteroatoms. The van der Waals surface area contributed by atoms with Crippen molar-refractivity contribution in [3.05, 3.63) is 53.7 Å². The van der Waals surface area contributed by atoms with Gasteiger partial charge in [-0.25, -0.2) is 4.98 Å². The molecule has 136 valence electrons. The highest BCUT2D eigenvalue weighted by molar-refractivity contribution is 5.36. The van der Waals surface area contributed by atoms with Gasteiger partial charge in [0.2, 0.25) is 0 Å². The summed E-state index contributed by atoms with van der Waals surface area (Å²) in [4.78, 5) is 6.92. The number of rotatable bonds is 3. The summed E-state index contributed by atoms with van der Waals surface area (Å²) >= 11 is 0. The second-order valence-electron chi connectivity index (χ2n) is 7.75. The Morgan fingerprint density at radius 1 is 1.08 bits per heavy atom. The maximum atomic E-state index is 6.19. The summed E-state index contributed by atoms with van der Waals surface area (Å²) in [5.74, 6) is 1.30. The second-order valence-corrected chi connectivity index (χ2v) is 7.75. The van der Waals surface area contributed by atoms with E-state index in [1.165, 1.54) is 18.4 Å². The van der Waals surface area contributed by atoms with Gasteiger partial charge in [-0.1, -0.05) is 24.3 Å². The van der Waals surface area contributed by atoms with Crippen molar-refractivity contribution in [1.29, 1.82) is 0 Å². The van der Waals surface area contributed by atoms with Gasteiger partial charge in [-0.2, -0.15) is 0 Å². The van der Waals surface area contributed by atoms with Crippen LogP contribution in [0.3, 0.4) is 0 Å². The molecule has 3 atom stereocenters. The Kier molecular flexibility index (Phi) is 4.06. The molecule has 4 heterocycles. The molecule has 0 radical (unpaired) electrons. The summed E-state index contributed by atoms with van der Waals surface area (Å²) in [5.41, 5.74) is 8.68. The number of fused-ring (bicyclic) bond motifs is 3. The fraction of sp³-hybridized carbons (Fsp3) is 0.476. The van der Waals surface area contributed by atoms with Crippen LogP contribution in [-0.4, -0.2) is 34.6 Å². The largest absolute Gasteiger partial charge is 0.484 e. The fourth-order valence-electron chi connectivity index (χ4n) is 4.70. The van der Waals surface area contributed by atoms with Gasteiger partial charge in [0, 0.05) is 30.9 Å². The molecule has 2 aromatic rings. The minimum atomic E-state index is -0.101. The second kappa shape index (κ2) is 6.56. The van der Waals surface area contributed by atoms with Crippen molar-refractivity contribution in [2.24, 2.45) is 5.73 Å². The molecule has 3 aliphatic rings. The first-order valence-corrected chi connectivity index (χ1v) is 9.61. The van der Waals surface area contributed by atoms with E-state index >= 15 is 0 Å². The molecule has 3 aliphatic heterocycles. The highest BCUT2D eigenvalue weighted by Crippen LogP contribution is 2.37. The minimum Gasteiger partial charge on any atom is -0.484 e. The predicted molar refractivity (Wildman–Crippen MR) is 99.1 cm³/mol. The third-order valence-electron chi connectivity index (χ3n) is 6.02. The van der Waals surface area contributed by atoms with Gasteiger partial charge in [-0.05, 0) is 48.9 Å². The standard InChI is InChI=1S/C21H25N3O2/c22-16-10-17-7-8-18(11-16)24(17)12-14-3-5-15(6-4-14)20-13-25-19-2-1-9-23-21(19)26-20/h1-6,9,16-18,20H,7-8,10-13,22H2/t16?,17?,18?,20-/m1/s1. The molecule has 2 unspecified atom stereocenters. The van der Waals surface area contributed by atoms with E-state index in [9.17, 15) is 0 Å². The number of ether oxygens (including phenoxy) is 2. The highest BCUT2D eigenvalue weighted by Gasteiger charge is 2.39. The minimum absolute atomic E-state index is 0.101. The van der Waals surface area contributed by atoms with E-state index in [1.807, 2.05) is 12.1 Å². The fourth-order valence-corrected chi connectivity index (χ4v) is 4.70. The molecule has 0 saturated carbocycles. The normalized spacial score (nSPS) is 30.3. The summed E-state index contributed by atoms with van der Waals surface area (Å²) in [5, 5.41) is 0. The molecule has 26 heavy (non-hydrogen) atoms. The summed E-state index contributed by atoms with van der Waals surface area (Å²) in [6.07, 6.45) is 6.52. The van der Waals surface area contributed by atoms with Gasteiger partial charge in [-0.15, -0.1) is 0 Å². The molecule has 5 rings (SSSR count). The average Bonchev–Trinajstić information content (AvgIpc) is 2.91. The van der Waals surface area contributed by atoms with E-state index in [-0.39, 0.29) is 6.10 Å². The monoisotopic (exact) mass is 351 g/mol. The van der Waals surface area contributed by atoms with Crippen LogP contribution in [0.25, 0.3) is 0 Å². The Bertz CT molecular complexity index is 765. The maximum Gasteiger partial charge on any atom is 0.257 e. The van der Waals surface area contributed by atoms with Gasteiger partial charge in [0.15, 0.2) is 11.9 Å². The number of nitrogens with zero attached hydrogens (tertiary/aromatic N) is 2. The molecule has 2 bridgehead atoms. The van der Waals surface area contributed by atoms with Gasteiger partial charge in [0.1, 0.15) is 6.61 Å². The van der Waals surface area contributed by atoms with Crippen LogP contribution in [0.5, 0.6) is 11.6 Å². The molecule has 2 N–H and O–H groups in total. The van der Waals surface area contributed by atoms with Crippen molar-refractivity contribution >= 4 is 0 Å². The van der Waals surface area contributed by atoms with Crippen molar-refractivity contribution in [2.45, 2.75) is 56.5 Å². The highest BCUT2D eigenvalue weighted by atomic mass is 16.6.